The lowest BCUT2D eigenvalue weighted by molar-refractivity contribution is 0.246. The van der Waals surface area contributed by atoms with E-state index >= 15 is 0 Å². The van der Waals surface area contributed by atoms with E-state index in [1.165, 1.54) is 18.4 Å². The fourth-order valence-electron chi connectivity index (χ4n) is 4.38. The van der Waals surface area contributed by atoms with E-state index in [2.05, 4.69) is 19.1 Å². The molecule has 3 aromatic rings. The van der Waals surface area contributed by atoms with Crippen LogP contribution in [0.15, 0.2) is 53.3 Å². The van der Waals surface area contributed by atoms with Crippen LogP contribution in [0.2, 0.25) is 0 Å². The average molecular weight is 361 g/mol. The number of aromatic nitrogens is 2. The Kier molecular flexibility index (Phi) is 5.08. The van der Waals surface area contributed by atoms with Gasteiger partial charge in [-0.25, -0.2) is 4.98 Å². The topological polar surface area (TPSA) is 60.9 Å². The standard InChI is InChI=1S/C23H27N3O/c1-16-6-4-9-19(12-16)22-25-21-11-3-2-10-20(21)23(27)26(22)15-18-8-5-7-17(13-18)14-24/h2-4,6,9-12,17-18H,5,7-8,13-15,24H2,1H3. The Balaban J connectivity index is 1.83. The molecule has 2 N–H and O–H groups in total. The first-order chi connectivity index (χ1) is 13.2. The molecule has 1 heterocycles. The first-order valence-corrected chi connectivity index (χ1v) is 9.92. The van der Waals surface area contributed by atoms with Crippen LogP contribution >= 0.6 is 0 Å². The van der Waals surface area contributed by atoms with Gasteiger partial charge in [0.05, 0.1) is 10.9 Å². The fourth-order valence-corrected chi connectivity index (χ4v) is 4.38. The van der Waals surface area contributed by atoms with Crippen LogP contribution < -0.4 is 11.3 Å². The summed E-state index contributed by atoms with van der Waals surface area (Å²) in [5.74, 6) is 1.84. The molecule has 0 radical (unpaired) electrons. The van der Waals surface area contributed by atoms with E-state index in [-0.39, 0.29) is 5.56 Å². The van der Waals surface area contributed by atoms with Gasteiger partial charge in [0.15, 0.2) is 0 Å². The van der Waals surface area contributed by atoms with Crippen molar-refractivity contribution in [2.75, 3.05) is 6.54 Å². The minimum Gasteiger partial charge on any atom is -0.330 e. The van der Waals surface area contributed by atoms with Gasteiger partial charge in [-0.3, -0.25) is 9.36 Å². The lowest BCUT2D eigenvalue weighted by atomic mass is 9.81. The molecule has 2 unspecified atom stereocenters. The largest absolute Gasteiger partial charge is 0.330 e. The molecule has 1 fully saturated rings. The van der Waals surface area contributed by atoms with Crippen LogP contribution in [0.1, 0.15) is 31.2 Å². The third-order valence-electron chi connectivity index (χ3n) is 5.80. The number of fused-ring (bicyclic) bond motifs is 1. The van der Waals surface area contributed by atoms with Crippen molar-refractivity contribution in [2.24, 2.45) is 17.6 Å². The molecular formula is C23H27N3O. The molecule has 1 saturated carbocycles. The summed E-state index contributed by atoms with van der Waals surface area (Å²) in [6.07, 6.45) is 4.66. The Morgan fingerprint density at radius 3 is 2.74 bits per heavy atom. The maximum atomic E-state index is 13.3. The van der Waals surface area contributed by atoms with Gasteiger partial charge in [0.25, 0.3) is 5.56 Å². The number of benzene rings is 2. The molecule has 27 heavy (non-hydrogen) atoms. The van der Waals surface area contributed by atoms with Gasteiger partial charge in [0, 0.05) is 12.1 Å². The highest BCUT2D eigenvalue weighted by Gasteiger charge is 2.23. The molecule has 4 rings (SSSR count). The molecule has 0 saturated heterocycles. The molecule has 4 nitrogen and oxygen atoms in total. The Bertz CT molecular complexity index is 1010. The average Bonchev–Trinajstić information content (AvgIpc) is 2.70. The molecule has 2 aromatic carbocycles. The molecule has 1 aliphatic rings. The maximum Gasteiger partial charge on any atom is 0.261 e. The molecule has 1 aromatic heterocycles. The fraction of sp³-hybridized carbons (Fsp3) is 0.391. The van der Waals surface area contributed by atoms with Gasteiger partial charge in [-0.05, 0) is 62.8 Å². The second kappa shape index (κ2) is 7.65. The summed E-state index contributed by atoms with van der Waals surface area (Å²) in [6, 6.07) is 15.9. The first kappa shape index (κ1) is 17.9. The molecule has 0 amide bonds. The van der Waals surface area contributed by atoms with Crippen molar-refractivity contribution in [3.63, 3.8) is 0 Å². The van der Waals surface area contributed by atoms with E-state index in [0.29, 0.717) is 17.2 Å². The number of nitrogens with two attached hydrogens (primary N) is 1. The van der Waals surface area contributed by atoms with E-state index in [9.17, 15) is 4.79 Å². The van der Waals surface area contributed by atoms with Crippen LogP contribution in [-0.2, 0) is 6.54 Å². The van der Waals surface area contributed by atoms with Gasteiger partial charge < -0.3 is 5.73 Å². The first-order valence-electron chi connectivity index (χ1n) is 9.92. The van der Waals surface area contributed by atoms with E-state index < -0.39 is 0 Å². The van der Waals surface area contributed by atoms with Crippen molar-refractivity contribution in [1.82, 2.24) is 9.55 Å². The summed E-state index contributed by atoms with van der Waals surface area (Å²) in [4.78, 5) is 18.2. The third kappa shape index (κ3) is 3.67. The number of rotatable bonds is 4. The second-order valence-electron chi connectivity index (χ2n) is 7.87. The lowest BCUT2D eigenvalue weighted by Gasteiger charge is -2.29. The van der Waals surface area contributed by atoms with Crippen LogP contribution in [0, 0.1) is 18.8 Å². The van der Waals surface area contributed by atoms with E-state index in [4.69, 9.17) is 10.7 Å². The van der Waals surface area contributed by atoms with Gasteiger partial charge in [-0.1, -0.05) is 42.3 Å². The predicted octanol–water partition coefficient (Wildman–Crippen LogP) is 4.14. The maximum absolute atomic E-state index is 13.3. The highest BCUT2D eigenvalue weighted by Crippen LogP contribution is 2.30. The molecule has 1 aliphatic carbocycles. The quantitative estimate of drug-likeness (QED) is 0.760. The zero-order valence-corrected chi connectivity index (χ0v) is 15.9. The monoisotopic (exact) mass is 361 g/mol. The summed E-state index contributed by atoms with van der Waals surface area (Å²) in [5, 5.41) is 0.695. The van der Waals surface area contributed by atoms with Crippen molar-refractivity contribution in [1.29, 1.82) is 0 Å². The Morgan fingerprint density at radius 2 is 1.93 bits per heavy atom. The normalized spacial score (nSPS) is 20.1. The number of para-hydroxylation sites is 1. The van der Waals surface area contributed by atoms with Crippen molar-refractivity contribution in [3.05, 3.63) is 64.4 Å². The molecule has 0 bridgehead atoms. The van der Waals surface area contributed by atoms with Crippen molar-refractivity contribution >= 4 is 10.9 Å². The Morgan fingerprint density at radius 1 is 1.11 bits per heavy atom. The van der Waals surface area contributed by atoms with E-state index in [1.807, 2.05) is 41.0 Å². The lowest BCUT2D eigenvalue weighted by Crippen LogP contribution is -2.30. The summed E-state index contributed by atoms with van der Waals surface area (Å²) >= 11 is 0. The third-order valence-corrected chi connectivity index (χ3v) is 5.80. The van der Waals surface area contributed by atoms with Gasteiger partial charge in [0.2, 0.25) is 0 Å². The minimum absolute atomic E-state index is 0.0620. The van der Waals surface area contributed by atoms with Gasteiger partial charge in [0.1, 0.15) is 5.82 Å². The smallest absolute Gasteiger partial charge is 0.261 e. The number of nitrogens with zero attached hydrogens (tertiary/aromatic N) is 2. The number of hydrogen-bond donors (Lipinski definition) is 1. The second-order valence-corrected chi connectivity index (χ2v) is 7.87. The molecule has 4 heteroatoms. The Hall–Kier alpha value is -2.46. The van der Waals surface area contributed by atoms with Gasteiger partial charge in [-0.2, -0.15) is 0 Å². The summed E-state index contributed by atoms with van der Waals surface area (Å²) in [7, 11) is 0. The van der Waals surface area contributed by atoms with Gasteiger partial charge >= 0.3 is 0 Å². The van der Waals surface area contributed by atoms with Crippen molar-refractivity contribution < 1.29 is 0 Å². The summed E-state index contributed by atoms with van der Waals surface area (Å²) in [6.45, 7) is 3.53. The van der Waals surface area contributed by atoms with Crippen LogP contribution in [0.25, 0.3) is 22.3 Å². The highest BCUT2D eigenvalue weighted by molar-refractivity contribution is 5.79. The minimum atomic E-state index is 0.0620. The van der Waals surface area contributed by atoms with Crippen LogP contribution in [0.5, 0.6) is 0 Å². The molecule has 140 valence electrons. The van der Waals surface area contributed by atoms with E-state index in [0.717, 1.165) is 42.8 Å². The summed E-state index contributed by atoms with van der Waals surface area (Å²) in [5.41, 5.74) is 8.92. The molecule has 0 spiro atoms. The summed E-state index contributed by atoms with van der Waals surface area (Å²) < 4.78 is 1.90. The van der Waals surface area contributed by atoms with Gasteiger partial charge in [-0.15, -0.1) is 0 Å². The molecule has 0 aliphatic heterocycles. The number of aryl methyl sites for hydroxylation is 1. The zero-order chi connectivity index (χ0) is 18.8. The molecule has 2 atom stereocenters. The van der Waals surface area contributed by atoms with Crippen LogP contribution in [0.3, 0.4) is 0 Å². The van der Waals surface area contributed by atoms with Crippen molar-refractivity contribution in [3.8, 4) is 11.4 Å². The highest BCUT2D eigenvalue weighted by atomic mass is 16.1. The number of hydrogen-bond acceptors (Lipinski definition) is 3. The van der Waals surface area contributed by atoms with Crippen molar-refractivity contribution in [2.45, 2.75) is 39.2 Å². The van der Waals surface area contributed by atoms with Crippen LogP contribution in [-0.4, -0.2) is 16.1 Å². The zero-order valence-electron chi connectivity index (χ0n) is 15.9. The molecular weight excluding hydrogens is 334 g/mol. The Labute approximate surface area is 160 Å². The SMILES string of the molecule is Cc1cccc(-c2nc3ccccc3c(=O)n2CC2CCCC(CN)C2)c1. The van der Waals surface area contributed by atoms with Crippen LogP contribution in [0.4, 0.5) is 0 Å². The predicted molar refractivity (Wildman–Crippen MR) is 111 cm³/mol. The van der Waals surface area contributed by atoms with E-state index in [1.54, 1.807) is 0 Å².